The van der Waals surface area contributed by atoms with E-state index in [4.69, 9.17) is 17.0 Å². The molecule has 0 aliphatic carbocycles. The number of phenols is 1. The zero-order chi connectivity index (χ0) is 26.6. The molecule has 1 saturated heterocycles. The number of ether oxygens (including phenoxy) is 1. The van der Waals surface area contributed by atoms with Crippen LogP contribution in [0, 0.1) is 5.82 Å². The van der Waals surface area contributed by atoms with Crippen LogP contribution in [0.4, 0.5) is 10.1 Å². The number of benzene rings is 4. The zero-order valence-corrected chi connectivity index (χ0v) is 21.7. The number of phenolic OH excluding ortho intramolecular Hbond substituents is 1. The predicted octanol–water partition coefficient (Wildman–Crippen LogP) is 6.53. The van der Waals surface area contributed by atoms with Gasteiger partial charge in [-0.2, -0.15) is 0 Å². The van der Waals surface area contributed by atoms with Crippen molar-refractivity contribution in [3.05, 3.63) is 114 Å². The normalized spacial score (nSPS) is 17.8. The van der Waals surface area contributed by atoms with E-state index in [2.05, 4.69) is 29.6 Å². The molecule has 0 spiro atoms. The number of anilines is 1. The highest BCUT2D eigenvalue weighted by molar-refractivity contribution is 7.80. The van der Waals surface area contributed by atoms with Crippen molar-refractivity contribution in [3.63, 3.8) is 0 Å². The Morgan fingerprint density at radius 3 is 2.29 bits per heavy atom. The second-order valence-corrected chi connectivity index (χ2v) is 9.74. The van der Waals surface area contributed by atoms with E-state index >= 15 is 0 Å². The van der Waals surface area contributed by atoms with E-state index in [1.54, 1.807) is 25.3 Å². The van der Waals surface area contributed by atoms with E-state index in [9.17, 15) is 14.6 Å². The van der Waals surface area contributed by atoms with Gasteiger partial charge in [0.15, 0.2) is 5.11 Å². The summed E-state index contributed by atoms with van der Waals surface area (Å²) in [6, 6.07) is 29.0. The molecule has 1 aliphatic rings. The highest BCUT2D eigenvalue weighted by atomic mass is 32.1. The van der Waals surface area contributed by atoms with Crippen LogP contribution in [0.2, 0.25) is 0 Å². The summed E-state index contributed by atoms with van der Waals surface area (Å²) in [4.78, 5) is 2.01. The monoisotopic (exact) mass is 528 g/mol. The summed E-state index contributed by atoms with van der Waals surface area (Å²) >= 11 is 5.79. The summed E-state index contributed by atoms with van der Waals surface area (Å²) in [5, 5.41) is 25.7. The van der Waals surface area contributed by atoms with Crippen molar-refractivity contribution in [2.45, 2.75) is 31.0 Å². The van der Waals surface area contributed by atoms with Crippen LogP contribution in [0.25, 0.3) is 11.1 Å². The lowest BCUT2D eigenvalue weighted by atomic mass is 9.92. The van der Waals surface area contributed by atoms with Gasteiger partial charge in [0.1, 0.15) is 17.3 Å². The molecule has 0 bridgehead atoms. The van der Waals surface area contributed by atoms with Gasteiger partial charge in [0.25, 0.3) is 0 Å². The summed E-state index contributed by atoms with van der Waals surface area (Å²) in [7, 11) is 1.56. The van der Waals surface area contributed by atoms with Gasteiger partial charge in [-0.25, -0.2) is 4.39 Å². The number of hydrogen-bond acceptors (Lipinski definition) is 4. The van der Waals surface area contributed by atoms with Gasteiger partial charge in [-0.1, -0.05) is 54.6 Å². The first-order valence-corrected chi connectivity index (χ1v) is 12.9. The minimum Gasteiger partial charge on any atom is -0.507 e. The maximum atomic E-state index is 13.3. The lowest BCUT2D eigenvalue weighted by Gasteiger charge is -2.29. The molecule has 0 unspecified atom stereocenters. The Kier molecular flexibility index (Phi) is 7.58. The van der Waals surface area contributed by atoms with Gasteiger partial charge in [-0.05, 0) is 78.1 Å². The molecule has 3 atom stereocenters. The van der Waals surface area contributed by atoms with Crippen molar-refractivity contribution in [1.29, 1.82) is 0 Å². The zero-order valence-electron chi connectivity index (χ0n) is 20.9. The van der Waals surface area contributed by atoms with Crippen molar-refractivity contribution in [3.8, 4) is 22.6 Å². The number of aromatic hydroxyl groups is 1. The number of nitrogens with zero attached hydrogens (tertiary/aromatic N) is 1. The Morgan fingerprint density at radius 2 is 1.63 bits per heavy atom. The molecule has 7 heteroatoms. The Hall–Kier alpha value is -3.94. The third kappa shape index (κ3) is 5.35. The molecule has 194 valence electrons. The van der Waals surface area contributed by atoms with Gasteiger partial charge in [0, 0.05) is 17.3 Å². The highest BCUT2D eigenvalue weighted by Crippen LogP contribution is 2.41. The molecule has 0 aromatic heterocycles. The fraction of sp³-hybridized carbons (Fsp3) is 0.194. The standard InChI is InChI=1S/C31H29FN2O3S/c1-37-25-15-16-26(29(36)19-25)30-27(17-18-28(35)22-7-11-23(32)12-8-22)33-31(38)34(30)24-13-9-21(10-14-24)20-5-3-2-4-6-20/h2-16,19,27-28,30,35-36H,17-18H2,1H3,(H,33,38)/t27-,28-,30+/m0/s1. The lowest BCUT2D eigenvalue weighted by Crippen LogP contribution is -2.29. The average molecular weight is 529 g/mol. The molecule has 38 heavy (non-hydrogen) atoms. The maximum absolute atomic E-state index is 13.3. The summed E-state index contributed by atoms with van der Waals surface area (Å²) in [6.45, 7) is 0. The fourth-order valence-corrected chi connectivity index (χ4v) is 5.38. The number of nitrogens with one attached hydrogen (secondary N) is 1. The van der Waals surface area contributed by atoms with Crippen molar-refractivity contribution < 1.29 is 19.3 Å². The van der Waals surface area contributed by atoms with E-state index in [1.807, 2.05) is 47.4 Å². The number of rotatable bonds is 8. The van der Waals surface area contributed by atoms with Crippen molar-refractivity contribution in [2.24, 2.45) is 0 Å². The molecular formula is C31H29FN2O3S. The largest absolute Gasteiger partial charge is 0.507 e. The molecule has 5 nitrogen and oxygen atoms in total. The van der Waals surface area contributed by atoms with Gasteiger partial charge >= 0.3 is 0 Å². The number of hydrogen-bond donors (Lipinski definition) is 3. The number of methoxy groups -OCH3 is 1. The maximum Gasteiger partial charge on any atom is 0.174 e. The van der Waals surface area contributed by atoms with E-state index in [-0.39, 0.29) is 23.7 Å². The molecule has 3 N–H and O–H groups in total. The summed E-state index contributed by atoms with van der Waals surface area (Å²) in [6.07, 6.45) is 0.239. The van der Waals surface area contributed by atoms with Gasteiger partial charge < -0.3 is 25.2 Å². The lowest BCUT2D eigenvalue weighted by molar-refractivity contribution is 0.159. The van der Waals surface area contributed by atoms with Gasteiger partial charge in [-0.15, -0.1) is 0 Å². The first-order valence-electron chi connectivity index (χ1n) is 12.5. The van der Waals surface area contributed by atoms with Crippen molar-refractivity contribution in [1.82, 2.24) is 5.32 Å². The van der Waals surface area contributed by atoms with Crippen LogP contribution < -0.4 is 15.0 Å². The third-order valence-corrected chi connectivity index (χ3v) is 7.32. The van der Waals surface area contributed by atoms with Gasteiger partial charge in [0.2, 0.25) is 0 Å². The van der Waals surface area contributed by atoms with Crippen LogP contribution in [-0.2, 0) is 0 Å². The molecule has 4 aromatic carbocycles. The Bertz CT molecular complexity index is 1400. The quantitative estimate of drug-likeness (QED) is 0.226. The second kappa shape index (κ2) is 11.2. The molecule has 5 rings (SSSR count). The fourth-order valence-electron chi connectivity index (χ4n) is 5.01. The minimum atomic E-state index is -0.754. The average Bonchev–Trinajstić information content (AvgIpc) is 3.28. The molecule has 0 amide bonds. The molecule has 1 aliphatic heterocycles. The van der Waals surface area contributed by atoms with Crippen LogP contribution in [0.5, 0.6) is 11.5 Å². The van der Waals surface area contributed by atoms with Gasteiger partial charge in [-0.3, -0.25) is 0 Å². The van der Waals surface area contributed by atoms with Crippen LogP contribution in [0.15, 0.2) is 97.1 Å². The number of halogens is 1. The SMILES string of the molecule is COc1ccc([C@@H]2[C@H](CC[C@H](O)c3ccc(F)cc3)NC(=S)N2c2ccc(-c3ccccc3)cc2)c(O)c1. The topological polar surface area (TPSA) is 65.0 Å². The molecule has 0 radical (unpaired) electrons. The van der Waals surface area contributed by atoms with E-state index in [0.717, 1.165) is 16.8 Å². The first kappa shape index (κ1) is 25.7. The molecule has 1 fully saturated rings. The predicted molar refractivity (Wildman–Crippen MR) is 152 cm³/mol. The smallest absolute Gasteiger partial charge is 0.174 e. The van der Waals surface area contributed by atoms with Crippen LogP contribution in [0.1, 0.15) is 36.1 Å². The van der Waals surface area contributed by atoms with Crippen molar-refractivity contribution in [2.75, 3.05) is 12.0 Å². The second-order valence-electron chi connectivity index (χ2n) is 9.35. The third-order valence-electron chi connectivity index (χ3n) is 7.00. The number of aliphatic hydroxyl groups excluding tert-OH is 1. The number of thiocarbonyl (C=S) groups is 1. The number of aliphatic hydroxyl groups is 1. The van der Waals surface area contributed by atoms with Crippen LogP contribution >= 0.6 is 12.2 Å². The molecule has 4 aromatic rings. The van der Waals surface area contributed by atoms with Crippen LogP contribution in [-0.4, -0.2) is 28.5 Å². The summed E-state index contributed by atoms with van der Waals surface area (Å²) in [5.41, 5.74) is 4.47. The highest BCUT2D eigenvalue weighted by Gasteiger charge is 2.40. The summed E-state index contributed by atoms with van der Waals surface area (Å²) < 4.78 is 18.6. The van der Waals surface area contributed by atoms with E-state index < -0.39 is 6.10 Å². The van der Waals surface area contributed by atoms with Crippen molar-refractivity contribution >= 4 is 23.0 Å². The summed E-state index contributed by atoms with van der Waals surface area (Å²) in [5.74, 6) is 0.324. The Morgan fingerprint density at radius 1 is 0.947 bits per heavy atom. The van der Waals surface area contributed by atoms with E-state index in [0.29, 0.717) is 34.8 Å². The Labute approximate surface area is 227 Å². The molecule has 0 saturated carbocycles. The molecular weight excluding hydrogens is 499 g/mol. The minimum absolute atomic E-state index is 0.107. The van der Waals surface area contributed by atoms with E-state index in [1.165, 1.54) is 12.1 Å². The van der Waals surface area contributed by atoms with Gasteiger partial charge in [0.05, 0.1) is 25.3 Å². The molecule has 1 heterocycles. The van der Waals surface area contributed by atoms with Crippen LogP contribution in [0.3, 0.4) is 0 Å². The Balaban J connectivity index is 1.45. The first-order chi connectivity index (χ1) is 18.4.